The van der Waals surface area contributed by atoms with Crippen molar-refractivity contribution in [2.75, 3.05) is 0 Å². The zero-order valence-corrected chi connectivity index (χ0v) is 8.92. The summed E-state index contributed by atoms with van der Waals surface area (Å²) in [5.41, 5.74) is 1.44. The Morgan fingerprint density at radius 3 is 2.44 bits per heavy atom. The highest BCUT2D eigenvalue weighted by Crippen LogP contribution is 2.12. The van der Waals surface area contributed by atoms with Crippen LogP contribution in [0.4, 0.5) is 0 Å². The maximum Gasteiger partial charge on any atom is 0.199 e. The van der Waals surface area contributed by atoms with E-state index in [1.807, 2.05) is 24.3 Å². The number of hydrogen-bond donors (Lipinski definition) is 1. The highest BCUT2D eigenvalue weighted by atomic mass is 16.5. The van der Waals surface area contributed by atoms with Crippen LogP contribution in [0.3, 0.4) is 0 Å². The van der Waals surface area contributed by atoms with Gasteiger partial charge in [-0.25, -0.2) is 0 Å². The van der Waals surface area contributed by atoms with Crippen LogP contribution in [0, 0.1) is 5.41 Å². The fraction of sp³-hybridized carbons (Fsp3) is 0.182. The summed E-state index contributed by atoms with van der Waals surface area (Å²) in [5.74, 6) is 0.738. The van der Waals surface area contributed by atoms with Crippen molar-refractivity contribution in [2.24, 2.45) is 0 Å². The molecule has 0 aliphatic carbocycles. The molecular weight excluding hydrogens is 204 g/mol. The van der Waals surface area contributed by atoms with Crippen molar-refractivity contribution < 1.29 is 4.74 Å². The van der Waals surface area contributed by atoms with Crippen molar-refractivity contribution in [2.45, 2.75) is 13.7 Å². The molecule has 0 atom stereocenters. The van der Waals surface area contributed by atoms with Gasteiger partial charge in [0.15, 0.2) is 6.73 Å². The summed E-state index contributed by atoms with van der Waals surface area (Å²) in [4.78, 5) is 1.45. The zero-order chi connectivity index (χ0) is 11.4. The number of nitrogens with zero attached hydrogens (tertiary/aromatic N) is 3. The highest BCUT2D eigenvalue weighted by Gasteiger charge is 1.97. The van der Waals surface area contributed by atoms with Crippen LogP contribution in [0.1, 0.15) is 12.5 Å². The fourth-order valence-electron chi connectivity index (χ4n) is 1.24. The van der Waals surface area contributed by atoms with Crippen molar-refractivity contribution in [3.8, 4) is 5.75 Å². The fourth-order valence-corrected chi connectivity index (χ4v) is 1.24. The van der Waals surface area contributed by atoms with E-state index in [1.54, 1.807) is 19.3 Å². The summed E-state index contributed by atoms with van der Waals surface area (Å²) in [6.45, 7) is 2.04. The molecule has 0 aliphatic rings. The molecule has 5 nitrogen and oxygen atoms in total. The van der Waals surface area contributed by atoms with Crippen molar-refractivity contribution in [3.05, 3.63) is 42.2 Å². The Morgan fingerprint density at radius 2 is 1.88 bits per heavy atom. The molecule has 0 aliphatic heterocycles. The number of rotatable bonds is 4. The van der Waals surface area contributed by atoms with E-state index in [0.29, 0.717) is 5.71 Å². The Bertz CT molecular complexity index is 461. The number of ether oxygens (including phenoxy) is 1. The predicted octanol–water partition coefficient (Wildman–Crippen LogP) is 1.70. The lowest BCUT2D eigenvalue weighted by atomic mass is 10.1. The lowest BCUT2D eigenvalue weighted by Gasteiger charge is -2.05. The molecule has 0 bridgehead atoms. The van der Waals surface area contributed by atoms with Gasteiger partial charge in [0.2, 0.25) is 0 Å². The van der Waals surface area contributed by atoms with E-state index in [4.69, 9.17) is 10.1 Å². The molecular formula is C11H12N4O. The summed E-state index contributed by atoms with van der Waals surface area (Å²) < 4.78 is 5.45. The minimum absolute atomic E-state index is 0.288. The Hall–Kier alpha value is -2.17. The predicted molar refractivity (Wildman–Crippen MR) is 59.6 cm³/mol. The molecule has 82 valence electrons. The molecule has 1 aromatic heterocycles. The number of hydrogen-bond acceptors (Lipinski definition) is 4. The summed E-state index contributed by atoms with van der Waals surface area (Å²) >= 11 is 0. The molecule has 0 fully saturated rings. The second-order valence-corrected chi connectivity index (χ2v) is 3.32. The first-order valence-corrected chi connectivity index (χ1v) is 4.88. The Kier molecular flexibility index (Phi) is 2.95. The van der Waals surface area contributed by atoms with Crippen LogP contribution in [0.25, 0.3) is 0 Å². The van der Waals surface area contributed by atoms with E-state index in [0.717, 1.165) is 11.3 Å². The molecule has 0 saturated heterocycles. The second-order valence-electron chi connectivity index (χ2n) is 3.32. The molecule has 16 heavy (non-hydrogen) atoms. The van der Waals surface area contributed by atoms with Crippen LogP contribution in [0.15, 0.2) is 36.7 Å². The first-order chi connectivity index (χ1) is 7.75. The summed E-state index contributed by atoms with van der Waals surface area (Å²) in [6, 6.07) is 7.37. The molecule has 0 radical (unpaired) electrons. The monoisotopic (exact) mass is 216 g/mol. The van der Waals surface area contributed by atoms with E-state index in [2.05, 4.69) is 10.2 Å². The number of benzene rings is 1. The summed E-state index contributed by atoms with van der Waals surface area (Å²) in [5, 5.41) is 15.3. The van der Waals surface area contributed by atoms with E-state index in [1.165, 1.54) is 4.80 Å². The normalized spacial score (nSPS) is 10.1. The molecule has 1 heterocycles. The van der Waals surface area contributed by atoms with Gasteiger partial charge in [0, 0.05) is 5.71 Å². The molecule has 2 rings (SSSR count). The minimum Gasteiger partial charge on any atom is -0.470 e. The molecule has 0 spiro atoms. The molecule has 2 aromatic rings. The van der Waals surface area contributed by atoms with E-state index >= 15 is 0 Å². The quantitative estimate of drug-likeness (QED) is 0.791. The van der Waals surface area contributed by atoms with Crippen LogP contribution < -0.4 is 4.74 Å². The minimum atomic E-state index is 0.288. The van der Waals surface area contributed by atoms with Crippen LogP contribution in [-0.2, 0) is 6.73 Å². The molecule has 1 N–H and O–H groups in total. The van der Waals surface area contributed by atoms with Gasteiger partial charge in [-0.15, -0.1) is 4.80 Å². The Morgan fingerprint density at radius 1 is 1.25 bits per heavy atom. The van der Waals surface area contributed by atoms with Crippen LogP contribution in [0.2, 0.25) is 0 Å². The molecule has 0 saturated carbocycles. The maximum atomic E-state index is 7.46. The third kappa shape index (κ3) is 2.44. The van der Waals surface area contributed by atoms with Crippen molar-refractivity contribution in [1.82, 2.24) is 15.0 Å². The number of aromatic nitrogens is 3. The molecule has 1 aromatic carbocycles. The third-order valence-electron chi connectivity index (χ3n) is 2.10. The van der Waals surface area contributed by atoms with E-state index in [-0.39, 0.29) is 6.73 Å². The van der Waals surface area contributed by atoms with Gasteiger partial charge in [0.25, 0.3) is 0 Å². The summed E-state index contributed by atoms with van der Waals surface area (Å²) in [7, 11) is 0. The first-order valence-electron chi connectivity index (χ1n) is 4.88. The molecule has 0 unspecified atom stereocenters. The second kappa shape index (κ2) is 4.57. The van der Waals surface area contributed by atoms with Gasteiger partial charge in [0.1, 0.15) is 5.75 Å². The van der Waals surface area contributed by atoms with Gasteiger partial charge in [-0.05, 0) is 36.8 Å². The lowest BCUT2D eigenvalue weighted by molar-refractivity contribution is 0.203. The first kappa shape index (κ1) is 10.4. The van der Waals surface area contributed by atoms with Gasteiger partial charge in [-0.3, -0.25) is 0 Å². The SMILES string of the molecule is CC(=N)c1ccc(OCn2nccn2)cc1. The summed E-state index contributed by atoms with van der Waals surface area (Å²) in [6.07, 6.45) is 3.20. The molecule has 0 amide bonds. The average molecular weight is 216 g/mol. The highest BCUT2D eigenvalue weighted by molar-refractivity contribution is 5.96. The van der Waals surface area contributed by atoms with Crippen molar-refractivity contribution in [3.63, 3.8) is 0 Å². The third-order valence-corrected chi connectivity index (χ3v) is 2.10. The Balaban J connectivity index is 1.98. The average Bonchev–Trinajstić information content (AvgIpc) is 2.80. The van der Waals surface area contributed by atoms with Gasteiger partial charge in [0.05, 0.1) is 12.4 Å². The van der Waals surface area contributed by atoms with E-state index < -0.39 is 0 Å². The van der Waals surface area contributed by atoms with Crippen molar-refractivity contribution in [1.29, 1.82) is 5.41 Å². The van der Waals surface area contributed by atoms with Gasteiger partial charge >= 0.3 is 0 Å². The lowest BCUT2D eigenvalue weighted by Crippen LogP contribution is -2.08. The van der Waals surface area contributed by atoms with Crippen LogP contribution >= 0.6 is 0 Å². The zero-order valence-electron chi connectivity index (χ0n) is 8.92. The topological polar surface area (TPSA) is 63.8 Å². The smallest absolute Gasteiger partial charge is 0.199 e. The maximum absolute atomic E-state index is 7.46. The molecule has 5 heteroatoms. The van der Waals surface area contributed by atoms with Crippen molar-refractivity contribution >= 4 is 5.71 Å². The van der Waals surface area contributed by atoms with Gasteiger partial charge < -0.3 is 10.1 Å². The standard InChI is InChI=1S/C11H12N4O/c1-9(12)10-2-4-11(5-3-10)16-8-15-13-6-7-14-15/h2-7,12H,8H2,1H3. The van der Waals surface area contributed by atoms with E-state index in [9.17, 15) is 0 Å². The van der Waals surface area contributed by atoms with Crippen LogP contribution in [-0.4, -0.2) is 20.7 Å². The van der Waals surface area contributed by atoms with Gasteiger partial charge in [-0.1, -0.05) is 0 Å². The number of nitrogens with one attached hydrogen (secondary N) is 1. The largest absolute Gasteiger partial charge is 0.470 e. The van der Waals surface area contributed by atoms with Gasteiger partial charge in [-0.2, -0.15) is 10.2 Å². The van der Waals surface area contributed by atoms with Crippen LogP contribution in [0.5, 0.6) is 5.75 Å². The Labute approximate surface area is 93.2 Å².